The van der Waals surface area contributed by atoms with E-state index >= 15 is 0 Å². The van der Waals surface area contributed by atoms with E-state index in [1.165, 1.54) is 26.4 Å². The molecule has 0 unspecified atom stereocenters. The van der Waals surface area contributed by atoms with Crippen LogP contribution in [0.1, 0.15) is 27.1 Å². The van der Waals surface area contributed by atoms with Crippen molar-refractivity contribution in [1.82, 2.24) is 10.4 Å². The topological polar surface area (TPSA) is 111 Å². The van der Waals surface area contributed by atoms with Crippen LogP contribution >= 0.6 is 0 Å². The molecule has 1 saturated heterocycles. The van der Waals surface area contributed by atoms with Gasteiger partial charge in [0, 0.05) is 17.5 Å². The van der Waals surface area contributed by atoms with Crippen LogP contribution in [0, 0.1) is 5.92 Å². The number of hydrogen-bond donors (Lipinski definition) is 1. The maximum absolute atomic E-state index is 12.5. The molecule has 1 fully saturated rings. The van der Waals surface area contributed by atoms with Crippen LogP contribution < -0.4 is 14.9 Å². The summed E-state index contributed by atoms with van der Waals surface area (Å²) in [5.41, 5.74) is 3.17. The summed E-state index contributed by atoms with van der Waals surface area (Å²) in [5, 5.41) is 1.07. The van der Waals surface area contributed by atoms with E-state index in [1.54, 1.807) is 36.4 Å². The lowest BCUT2D eigenvalue weighted by Gasteiger charge is -2.18. The summed E-state index contributed by atoms with van der Waals surface area (Å²) in [6, 6.07) is 13.0. The van der Waals surface area contributed by atoms with E-state index in [2.05, 4.69) is 5.43 Å². The van der Waals surface area contributed by atoms with Gasteiger partial charge < -0.3 is 14.2 Å². The Bertz CT molecular complexity index is 991. The van der Waals surface area contributed by atoms with Crippen molar-refractivity contribution in [3.05, 3.63) is 59.7 Å². The van der Waals surface area contributed by atoms with Gasteiger partial charge in [0.15, 0.2) is 23.9 Å². The maximum atomic E-state index is 12.5. The Labute approximate surface area is 178 Å². The zero-order chi connectivity index (χ0) is 22.4. The third-order valence-electron chi connectivity index (χ3n) is 4.78. The lowest BCUT2D eigenvalue weighted by molar-refractivity contribution is -0.147. The average Bonchev–Trinajstić information content (AvgIpc) is 3.17. The number of carbonyl (C=O) groups is 4. The molecular formula is C22H22N2O7. The second kappa shape index (κ2) is 9.75. The van der Waals surface area contributed by atoms with Crippen LogP contribution in [0.15, 0.2) is 48.5 Å². The number of nitrogens with one attached hydrogen (secondary N) is 1. The fourth-order valence-electron chi connectivity index (χ4n) is 3.10. The molecule has 31 heavy (non-hydrogen) atoms. The first-order chi connectivity index (χ1) is 14.9. The Morgan fingerprint density at radius 1 is 1.00 bits per heavy atom. The molecule has 1 atom stereocenters. The lowest BCUT2D eigenvalue weighted by Crippen LogP contribution is -2.43. The highest BCUT2D eigenvalue weighted by Gasteiger charge is 2.36. The van der Waals surface area contributed by atoms with Crippen molar-refractivity contribution in [1.29, 1.82) is 0 Å². The molecule has 0 bridgehead atoms. The highest BCUT2D eigenvalue weighted by Crippen LogP contribution is 2.27. The van der Waals surface area contributed by atoms with Crippen LogP contribution in [-0.4, -0.2) is 55.9 Å². The van der Waals surface area contributed by atoms with Crippen molar-refractivity contribution < 1.29 is 33.4 Å². The zero-order valence-corrected chi connectivity index (χ0v) is 17.1. The van der Waals surface area contributed by atoms with Crippen molar-refractivity contribution in [2.45, 2.75) is 6.42 Å². The van der Waals surface area contributed by atoms with Gasteiger partial charge in [-0.25, -0.2) is 0 Å². The summed E-state index contributed by atoms with van der Waals surface area (Å²) in [5.74, 6) is -1.91. The summed E-state index contributed by atoms with van der Waals surface area (Å²) in [6.45, 7) is -0.457. The molecule has 162 valence electrons. The van der Waals surface area contributed by atoms with Gasteiger partial charge >= 0.3 is 5.97 Å². The van der Waals surface area contributed by atoms with Crippen LogP contribution in [0.4, 0.5) is 0 Å². The van der Waals surface area contributed by atoms with Gasteiger partial charge in [-0.3, -0.25) is 29.6 Å². The number of hydrogen-bond acceptors (Lipinski definition) is 7. The predicted molar refractivity (Wildman–Crippen MR) is 109 cm³/mol. The fraction of sp³-hybridized carbons (Fsp3) is 0.273. The monoisotopic (exact) mass is 426 g/mol. The van der Waals surface area contributed by atoms with Gasteiger partial charge in [0.1, 0.15) is 0 Å². The summed E-state index contributed by atoms with van der Waals surface area (Å²) in [6.07, 6.45) is -0.120. The van der Waals surface area contributed by atoms with Gasteiger partial charge in [-0.05, 0) is 18.2 Å². The molecule has 0 aliphatic carbocycles. The lowest BCUT2D eigenvalue weighted by atomic mass is 10.1. The second-order valence-electron chi connectivity index (χ2n) is 6.81. The molecule has 9 heteroatoms. The maximum Gasteiger partial charge on any atom is 0.311 e. The molecule has 9 nitrogen and oxygen atoms in total. The fourth-order valence-corrected chi connectivity index (χ4v) is 3.10. The smallest absolute Gasteiger partial charge is 0.311 e. The normalized spacial score (nSPS) is 15.4. The SMILES string of the molecule is COc1ccc(C(=O)NN2C[C@H](C(=O)OCC(=O)c3ccccc3)CC2=O)cc1OC. The Morgan fingerprint density at radius 2 is 1.71 bits per heavy atom. The quantitative estimate of drug-likeness (QED) is 0.504. The Kier molecular flexibility index (Phi) is 6.86. The number of benzene rings is 2. The number of methoxy groups -OCH3 is 2. The number of nitrogens with zero attached hydrogens (tertiary/aromatic N) is 1. The molecule has 0 saturated carbocycles. The molecule has 1 aliphatic rings. The van der Waals surface area contributed by atoms with Gasteiger partial charge in [-0.1, -0.05) is 30.3 Å². The molecule has 2 aromatic rings. The summed E-state index contributed by atoms with van der Waals surface area (Å²) in [4.78, 5) is 49.1. The molecule has 0 aromatic heterocycles. The number of ketones is 1. The second-order valence-corrected chi connectivity index (χ2v) is 6.81. The van der Waals surface area contributed by atoms with E-state index in [0.717, 1.165) is 5.01 Å². The Hall–Kier alpha value is -3.88. The molecule has 1 N–H and O–H groups in total. The summed E-state index contributed by atoms with van der Waals surface area (Å²) < 4.78 is 15.4. The molecule has 0 spiro atoms. The molecular weight excluding hydrogens is 404 g/mol. The van der Waals surface area contributed by atoms with Crippen molar-refractivity contribution in [2.24, 2.45) is 5.92 Å². The molecule has 0 radical (unpaired) electrons. The first-order valence-electron chi connectivity index (χ1n) is 9.51. The minimum atomic E-state index is -0.776. The third-order valence-corrected chi connectivity index (χ3v) is 4.78. The first-order valence-corrected chi connectivity index (χ1v) is 9.51. The first kappa shape index (κ1) is 21.8. The Morgan fingerprint density at radius 3 is 2.39 bits per heavy atom. The van der Waals surface area contributed by atoms with Crippen molar-refractivity contribution in [3.63, 3.8) is 0 Å². The number of carbonyl (C=O) groups excluding carboxylic acids is 4. The van der Waals surface area contributed by atoms with Gasteiger partial charge in [-0.2, -0.15) is 0 Å². The number of rotatable bonds is 8. The van der Waals surface area contributed by atoms with E-state index in [0.29, 0.717) is 17.1 Å². The van der Waals surface area contributed by atoms with Gasteiger partial charge in [-0.15, -0.1) is 0 Å². The number of ether oxygens (including phenoxy) is 3. The molecule has 2 aromatic carbocycles. The molecule has 1 aliphatic heterocycles. The Balaban J connectivity index is 1.55. The zero-order valence-electron chi connectivity index (χ0n) is 17.1. The van der Waals surface area contributed by atoms with Crippen LogP contribution in [0.5, 0.6) is 11.5 Å². The van der Waals surface area contributed by atoms with Crippen LogP contribution in [-0.2, 0) is 14.3 Å². The minimum absolute atomic E-state index is 0.0454. The van der Waals surface area contributed by atoms with E-state index in [4.69, 9.17) is 14.2 Å². The number of Topliss-reactive ketones (excluding diaryl/α,β-unsaturated/α-hetero) is 1. The van der Waals surface area contributed by atoms with Crippen LogP contribution in [0.3, 0.4) is 0 Å². The number of amides is 2. The molecule has 2 amide bonds. The highest BCUT2D eigenvalue weighted by molar-refractivity contribution is 5.99. The van der Waals surface area contributed by atoms with Gasteiger partial charge in [0.25, 0.3) is 5.91 Å². The average molecular weight is 426 g/mol. The van der Waals surface area contributed by atoms with Gasteiger partial charge in [0.05, 0.1) is 26.7 Å². The van der Waals surface area contributed by atoms with Crippen molar-refractivity contribution in [3.8, 4) is 11.5 Å². The van der Waals surface area contributed by atoms with Crippen LogP contribution in [0.2, 0.25) is 0 Å². The van der Waals surface area contributed by atoms with Crippen LogP contribution in [0.25, 0.3) is 0 Å². The molecule has 1 heterocycles. The standard InChI is InChI=1S/C22H22N2O7/c1-29-18-9-8-15(10-19(18)30-2)21(27)23-24-12-16(11-20(24)26)22(28)31-13-17(25)14-6-4-3-5-7-14/h3-10,16H,11-13H2,1-2H3,(H,23,27)/t16-/m1/s1. The highest BCUT2D eigenvalue weighted by atomic mass is 16.5. The number of hydrazine groups is 1. The van der Waals surface area contributed by atoms with E-state index in [-0.39, 0.29) is 24.3 Å². The largest absolute Gasteiger partial charge is 0.493 e. The van der Waals surface area contributed by atoms with E-state index < -0.39 is 30.3 Å². The number of esters is 1. The third kappa shape index (κ3) is 5.19. The van der Waals surface area contributed by atoms with Crippen molar-refractivity contribution >= 4 is 23.6 Å². The minimum Gasteiger partial charge on any atom is -0.493 e. The summed E-state index contributed by atoms with van der Waals surface area (Å²) in [7, 11) is 2.93. The van der Waals surface area contributed by atoms with E-state index in [1.807, 2.05) is 0 Å². The summed E-state index contributed by atoms with van der Waals surface area (Å²) >= 11 is 0. The van der Waals surface area contributed by atoms with Gasteiger partial charge in [0.2, 0.25) is 5.91 Å². The van der Waals surface area contributed by atoms with Crippen molar-refractivity contribution in [2.75, 3.05) is 27.4 Å². The predicted octanol–water partition coefficient (Wildman–Crippen LogP) is 1.62. The van der Waals surface area contributed by atoms with E-state index in [9.17, 15) is 19.2 Å². The molecule has 3 rings (SSSR count).